The highest BCUT2D eigenvalue weighted by Gasteiger charge is 2.10. The number of hydrogen-bond donors (Lipinski definition) is 2. The normalized spacial score (nSPS) is 14.8. The number of nitrogens with two attached hydrogens (primary N) is 1. The lowest BCUT2D eigenvalue weighted by molar-refractivity contribution is 0.462. The summed E-state index contributed by atoms with van der Waals surface area (Å²) in [7, 11) is 0. The van der Waals surface area contributed by atoms with Crippen LogP contribution in [0.3, 0.4) is 0 Å². The van der Waals surface area contributed by atoms with Gasteiger partial charge in [0.1, 0.15) is 0 Å². The zero-order chi connectivity index (χ0) is 12.7. The van der Waals surface area contributed by atoms with Crippen molar-refractivity contribution in [3.63, 3.8) is 0 Å². The van der Waals surface area contributed by atoms with Crippen LogP contribution in [0.15, 0.2) is 12.3 Å². The van der Waals surface area contributed by atoms with Crippen LogP contribution in [0.2, 0.25) is 0 Å². The molecule has 98 valence electrons. The Bertz CT molecular complexity index is 313. The summed E-state index contributed by atoms with van der Waals surface area (Å²) in [5.74, 6) is 6.69. The van der Waals surface area contributed by atoms with Crippen molar-refractivity contribution in [2.75, 3.05) is 12.0 Å². The van der Waals surface area contributed by atoms with Gasteiger partial charge in [-0.15, -0.1) is 0 Å². The fourth-order valence-electron chi connectivity index (χ4n) is 1.68. The molecule has 1 aromatic heterocycles. The molecule has 0 bridgehead atoms. The maximum atomic E-state index is 5.56. The Hall–Kier alpha value is -0.520. The highest BCUT2D eigenvalue weighted by atomic mass is 32.2. The number of thioether (sulfide) groups is 1. The van der Waals surface area contributed by atoms with Gasteiger partial charge < -0.3 is 0 Å². The maximum absolute atomic E-state index is 5.56. The van der Waals surface area contributed by atoms with Crippen LogP contribution in [-0.2, 0) is 6.42 Å². The van der Waals surface area contributed by atoms with Crippen LogP contribution in [0, 0.1) is 0 Å². The van der Waals surface area contributed by atoms with Crippen LogP contribution in [-0.4, -0.2) is 27.8 Å². The first-order valence-electron chi connectivity index (χ1n) is 6.20. The zero-order valence-corrected chi connectivity index (χ0v) is 11.8. The Kier molecular flexibility index (Phi) is 6.62. The average molecular weight is 256 g/mol. The van der Waals surface area contributed by atoms with Crippen LogP contribution < -0.4 is 11.3 Å². The lowest BCUT2D eigenvalue weighted by Gasteiger charge is -2.14. The van der Waals surface area contributed by atoms with E-state index in [9.17, 15) is 0 Å². The van der Waals surface area contributed by atoms with Crippen molar-refractivity contribution in [1.29, 1.82) is 0 Å². The molecule has 0 aromatic carbocycles. The molecule has 0 aliphatic carbocycles. The van der Waals surface area contributed by atoms with Crippen molar-refractivity contribution >= 4 is 11.8 Å². The Morgan fingerprint density at radius 3 is 2.94 bits per heavy atom. The van der Waals surface area contributed by atoms with Gasteiger partial charge in [-0.3, -0.25) is 16.0 Å². The Balaban J connectivity index is 2.52. The summed E-state index contributed by atoms with van der Waals surface area (Å²) in [6, 6.07) is 2.89. The van der Waals surface area contributed by atoms with Crippen molar-refractivity contribution in [2.45, 2.75) is 45.2 Å². The maximum Gasteiger partial charge on any atom is 0.0640 e. The van der Waals surface area contributed by atoms with E-state index in [1.54, 1.807) is 0 Å². The lowest BCUT2D eigenvalue weighted by atomic mass is 10.1. The average Bonchev–Trinajstić information content (AvgIpc) is 2.81. The molecule has 0 spiro atoms. The standard InChI is InChI=1S/C12H24N4S/c1-4-10(2)16-7-5-12(15-16)9-11(14-13)6-8-17-3/h5,7,10-11,14H,4,6,8-9,13H2,1-3H3. The van der Waals surface area contributed by atoms with Crippen LogP contribution >= 0.6 is 11.8 Å². The van der Waals surface area contributed by atoms with Gasteiger partial charge in [-0.2, -0.15) is 16.9 Å². The summed E-state index contributed by atoms with van der Waals surface area (Å²) in [5.41, 5.74) is 3.99. The predicted molar refractivity (Wildman–Crippen MR) is 75.0 cm³/mol. The molecular formula is C12H24N4S. The highest BCUT2D eigenvalue weighted by Crippen LogP contribution is 2.11. The smallest absolute Gasteiger partial charge is 0.0640 e. The summed E-state index contributed by atoms with van der Waals surface area (Å²) in [5, 5.41) is 4.59. The first kappa shape index (κ1) is 14.5. The van der Waals surface area contributed by atoms with E-state index in [1.165, 1.54) is 0 Å². The predicted octanol–water partition coefficient (Wildman–Crippen LogP) is 1.98. The quantitative estimate of drug-likeness (QED) is 0.551. The topological polar surface area (TPSA) is 55.9 Å². The Labute approximate surface area is 108 Å². The van der Waals surface area contributed by atoms with E-state index >= 15 is 0 Å². The van der Waals surface area contributed by atoms with Gasteiger partial charge in [0.15, 0.2) is 0 Å². The van der Waals surface area contributed by atoms with E-state index in [-0.39, 0.29) is 0 Å². The van der Waals surface area contributed by atoms with Crippen molar-refractivity contribution in [3.05, 3.63) is 18.0 Å². The van der Waals surface area contributed by atoms with Crippen molar-refractivity contribution in [2.24, 2.45) is 5.84 Å². The molecule has 0 aliphatic rings. The van der Waals surface area contributed by atoms with Gasteiger partial charge in [-0.25, -0.2) is 0 Å². The van der Waals surface area contributed by atoms with Crippen LogP contribution in [0.1, 0.15) is 38.4 Å². The number of hydrogen-bond acceptors (Lipinski definition) is 4. The molecule has 2 atom stereocenters. The van der Waals surface area contributed by atoms with Crippen LogP contribution in [0.25, 0.3) is 0 Å². The van der Waals surface area contributed by atoms with Crippen molar-refractivity contribution in [3.8, 4) is 0 Å². The largest absolute Gasteiger partial charge is 0.271 e. The molecule has 5 heteroatoms. The van der Waals surface area contributed by atoms with Crippen molar-refractivity contribution < 1.29 is 0 Å². The molecule has 0 saturated carbocycles. The number of nitrogens with one attached hydrogen (secondary N) is 1. The number of hydrazine groups is 1. The molecular weight excluding hydrogens is 232 g/mol. The summed E-state index contributed by atoms with van der Waals surface area (Å²) < 4.78 is 2.04. The molecule has 0 saturated heterocycles. The van der Waals surface area contributed by atoms with Gasteiger partial charge in [0.05, 0.1) is 5.69 Å². The minimum Gasteiger partial charge on any atom is -0.271 e. The first-order chi connectivity index (χ1) is 8.21. The number of aromatic nitrogens is 2. The molecule has 2 unspecified atom stereocenters. The van der Waals surface area contributed by atoms with Crippen molar-refractivity contribution in [1.82, 2.24) is 15.2 Å². The Morgan fingerprint density at radius 2 is 2.35 bits per heavy atom. The second-order valence-electron chi connectivity index (χ2n) is 4.39. The van der Waals surface area contributed by atoms with E-state index < -0.39 is 0 Å². The lowest BCUT2D eigenvalue weighted by Crippen LogP contribution is -2.37. The second-order valence-corrected chi connectivity index (χ2v) is 5.38. The molecule has 4 nitrogen and oxygen atoms in total. The third kappa shape index (κ3) is 4.69. The molecule has 0 aliphatic heterocycles. The minimum atomic E-state index is 0.322. The molecule has 3 N–H and O–H groups in total. The minimum absolute atomic E-state index is 0.322. The van der Waals surface area contributed by atoms with Gasteiger partial charge in [0.2, 0.25) is 0 Å². The molecule has 0 amide bonds. The third-order valence-electron chi connectivity index (χ3n) is 3.07. The molecule has 1 heterocycles. The first-order valence-corrected chi connectivity index (χ1v) is 7.59. The van der Waals surface area contributed by atoms with E-state index in [0.717, 1.165) is 30.7 Å². The summed E-state index contributed by atoms with van der Waals surface area (Å²) in [6.45, 7) is 4.36. The van der Waals surface area contributed by atoms with Gasteiger partial charge in [0.25, 0.3) is 0 Å². The van der Waals surface area contributed by atoms with Crippen LogP contribution in [0.5, 0.6) is 0 Å². The third-order valence-corrected chi connectivity index (χ3v) is 3.71. The van der Waals surface area contributed by atoms with E-state index in [1.807, 2.05) is 16.4 Å². The summed E-state index contributed by atoms with van der Waals surface area (Å²) in [6.07, 6.45) is 7.26. The number of rotatable bonds is 8. The van der Waals surface area contributed by atoms with E-state index in [2.05, 4.69) is 42.9 Å². The summed E-state index contributed by atoms with van der Waals surface area (Å²) in [4.78, 5) is 0. The molecule has 1 rings (SSSR count). The SMILES string of the molecule is CCC(C)n1ccc(CC(CCSC)NN)n1. The number of nitrogens with zero attached hydrogens (tertiary/aromatic N) is 2. The van der Waals surface area contributed by atoms with Gasteiger partial charge in [-0.1, -0.05) is 6.92 Å². The van der Waals surface area contributed by atoms with Gasteiger partial charge in [0, 0.05) is 24.7 Å². The molecule has 17 heavy (non-hydrogen) atoms. The molecule has 0 fully saturated rings. The fourth-order valence-corrected chi connectivity index (χ4v) is 2.20. The monoisotopic (exact) mass is 256 g/mol. The van der Waals surface area contributed by atoms with Gasteiger partial charge in [-0.05, 0) is 37.8 Å². The van der Waals surface area contributed by atoms with Crippen LogP contribution in [0.4, 0.5) is 0 Å². The zero-order valence-electron chi connectivity index (χ0n) is 11.0. The molecule has 1 aromatic rings. The second kappa shape index (κ2) is 7.74. The fraction of sp³-hybridized carbons (Fsp3) is 0.750. The van der Waals surface area contributed by atoms with E-state index in [0.29, 0.717) is 12.1 Å². The molecule has 0 radical (unpaired) electrons. The highest BCUT2D eigenvalue weighted by molar-refractivity contribution is 7.98. The van der Waals surface area contributed by atoms with Gasteiger partial charge >= 0.3 is 0 Å². The van der Waals surface area contributed by atoms with E-state index in [4.69, 9.17) is 5.84 Å². The summed E-state index contributed by atoms with van der Waals surface area (Å²) >= 11 is 1.85. The Morgan fingerprint density at radius 1 is 1.59 bits per heavy atom.